The van der Waals surface area contributed by atoms with Crippen molar-refractivity contribution in [2.75, 3.05) is 0 Å². The molecule has 2 bridgehead atoms. The second-order valence-corrected chi connectivity index (χ2v) is 8.14. The number of rotatable bonds is 4. The first-order chi connectivity index (χ1) is 8.26. The van der Waals surface area contributed by atoms with Crippen molar-refractivity contribution in [3.05, 3.63) is 0 Å². The molecule has 106 valence electrons. The second kappa shape index (κ2) is 4.25. The zero-order valence-corrected chi connectivity index (χ0v) is 13.9. The summed E-state index contributed by atoms with van der Waals surface area (Å²) in [5.41, 5.74) is 1.21. The summed E-state index contributed by atoms with van der Waals surface area (Å²) in [7, 11) is 0. The molecule has 0 nitrogen and oxygen atoms in total. The molecule has 7 unspecified atom stereocenters. The van der Waals surface area contributed by atoms with Crippen molar-refractivity contribution < 1.29 is 0 Å². The standard InChI is InChI=1S/C18H34/c1-9-14-15-13(6)18(14,8)16(12(5)11(3)4)17(15,7)10-2/h11-16H,9-10H2,1-8H3. The van der Waals surface area contributed by atoms with Crippen LogP contribution in [0, 0.1) is 46.3 Å². The molecule has 0 heterocycles. The fourth-order valence-corrected chi connectivity index (χ4v) is 6.51. The van der Waals surface area contributed by atoms with Gasteiger partial charge in [-0.25, -0.2) is 0 Å². The predicted octanol–water partition coefficient (Wildman–Crippen LogP) is 5.62. The maximum Gasteiger partial charge on any atom is -0.0230 e. The lowest BCUT2D eigenvalue weighted by Crippen LogP contribution is -2.49. The van der Waals surface area contributed by atoms with Crippen LogP contribution in [-0.4, -0.2) is 0 Å². The molecule has 7 atom stereocenters. The van der Waals surface area contributed by atoms with E-state index >= 15 is 0 Å². The Balaban J connectivity index is 2.43. The molecule has 0 saturated heterocycles. The third kappa shape index (κ3) is 1.38. The Morgan fingerprint density at radius 1 is 1.06 bits per heavy atom. The van der Waals surface area contributed by atoms with Gasteiger partial charge in [-0.3, -0.25) is 0 Å². The van der Waals surface area contributed by atoms with E-state index in [0.29, 0.717) is 10.8 Å². The van der Waals surface area contributed by atoms with Crippen molar-refractivity contribution in [1.29, 1.82) is 0 Å². The van der Waals surface area contributed by atoms with Crippen molar-refractivity contribution in [2.24, 2.45) is 46.3 Å². The van der Waals surface area contributed by atoms with Crippen LogP contribution in [0.1, 0.15) is 68.2 Å². The molecule has 0 heteroatoms. The highest BCUT2D eigenvalue weighted by molar-refractivity contribution is 5.22. The fraction of sp³-hybridized carbons (Fsp3) is 1.00. The van der Waals surface area contributed by atoms with Crippen LogP contribution in [0.4, 0.5) is 0 Å². The van der Waals surface area contributed by atoms with Gasteiger partial charge in [0.15, 0.2) is 0 Å². The van der Waals surface area contributed by atoms with Crippen molar-refractivity contribution in [3.63, 3.8) is 0 Å². The Kier molecular flexibility index (Phi) is 3.40. The van der Waals surface area contributed by atoms with E-state index in [1.54, 1.807) is 0 Å². The van der Waals surface area contributed by atoms with Gasteiger partial charge in [-0.2, -0.15) is 0 Å². The van der Waals surface area contributed by atoms with Crippen LogP contribution in [0.25, 0.3) is 0 Å². The van der Waals surface area contributed by atoms with Crippen LogP contribution in [0.3, 0.4) is 0 Å². The van der Waals surface area contributed by atoms with Crippen LogP contribution in [-0.2, 0) is 0 Å². The quantitative estimate of drug-likeness (QED) is 0.607. The minimum absolute atomic E-state index is 0.596. The van der Waals surface area contributed by atoms with Crippen molar-refractivity contribution in [3.8, 4) is 0 Å². The molecule has 3 fully saturated rings. The van der Waals surface area contributed by atoms with E-state index in [-0.39, 0.29) is 0 Å². The topological polar surface area (TPSA) is 0 Å². The SMILES string of the molecule is CCC1C2C(C)C1(C)C(C(C)C(C)C)C2(C)CC. The molecule has 3 aliphatic carbocycles. The lowest BCUT2D eigenvalue weighted by molar-refractivity contribution is -0.0693. The molecule has 0 aliphatic heterocycles. The molecule has 0 aromatic heterocycles. The van der Waals surface area contributed by atoms with Gasteiger partial charge in [-0.1, -0.05) is 68.2 Å². The lowest BCUT2D eigenvalue weighted by atomic mass is 9.50. The van der Waals surface area contributed by atoms with E-state index < -0.39 is 0 Å². The molecule has 0 aromatic rings. The zero-order chi connectivity index (χ0) is 13.9. The maximum atomic E-state index is 2.62. The summed E-state index contributed by atoms with van der Waals surface area (Å²) in [6.45, 7) is 20.0. The van der Waals surface area contributed by atoms with E-state index in [1.165, 1.54) is 12.8 Å². The molecule has 0 amide bonds. The average Bonchev–Trinajstić information content (AvgIpc) is 2.64. The highest BCUT2D eigenvalue weighted by Crippen LogP contribution is 2.79. The van der Waals surface area contributed by atoms with Crippen LogP contribution < -0.4 is 0 Å². The monoisotopic (exact) mass is 250 g/mol. The van der Waals surface area contributed by atoms with Gasteiger partial charge < -0.3 is 0 Å². The largest absolute Gasteiger partial charge is 0.0651 e. The lowest BCUT2D eigenvalue weighted by Gasteiger charge is -2.54. The van der Waals surface area contributed by atoms with Gasteiger partial charge in [-0.05, 0) is 46.3 Å². The van der Waals surface area contributed by atoms with Gasteiger partial charge in [0.25, 0.3) is 0 Å². The summed E-state index contributed by atoms with van der Waals surface area (Å²) in [4.78, 5) is 0. The minimum Gasteiger partial charge on any atom is -0.0651 e. The molecular formula is C18H34. The molecular weight excluding hydrogens is 216 g/mol. The molecule has 3 saturated carbocycles. The van der Waals surface area contributed by atoms with E-state index in [9.17, 15) is 0 Å². The number of hydrogen-bond donors (Lipinski definition) is 0. The molecule has 0 radical (unpaired) electrons. The first-order valence-corrected chi connectivity index (χ1v) is 8.26. The minimum atomic E-state index is 0.596. The number of fused-ring (bicyclic) bond motifs is 1. The highest BCUT2D eigenvalue weighted by atomic mass is 14.8. The molecule has 0 aromatic carbocycles. The Morgan fingerprint density at radius 2 is 1.61 bits per heavy atom. The van der Waals surface area contributed by atoms with Gasteiger partial charge in [0.2, 0.25) is 0 Å². The van der Waals surface area contributed by atoms with Crippen LogP contribution >= 0.6 is 0 Å². The van der Waals surface area contributed by atoms with Crippen molar-refractivity contribution in [1.82, 2.24) is 0 Å². The highest BCUT2D eigenvalue weighted by Gasteiger charge is 2.74. The van der Waals surface area contributed by atoms with Gasteiger partial charge in [-0.15, -0.1) is 0 Å². The average molecular weight is 250 g/mol. The summed E-state index contributed by atoms with van der Waals surface area (Å²) >= 11 is 0. The second-order valence-electron chi connectivity index (χ2n) is 8.14. The van der Waals surface area contributed by atoms with Crippen LogP contribution in [0.15, 0.2) is 0 Å². The van der Waals surface area contributed by atoms with E-state index in [4.69, 9.17) is 0 Å². The van der Waals surface area contributed by atoms with E-state index in [2.05, 4.69) is 55.4 Å². The molecule has 3 aliphatic rings. The van der Waals surface area contributed by atoms with Crippen molar-refractivity contribution in [2.45, 2.75) is 68.2 Å². The van der Waals surface area contributed by atoms with Gasteiger partial charge >= 0.3 is 0 Å². The first kappa shape index (κ1) is 14.4. The summed E-state index contributed by atoms with van der Waals surface area (Å²) in [6.07, 6.45) is 2.76. The van der Waals surface area contributed by atoms with Gasteiger partial charge in [0.05, 0.1) is 0 Å². The fourth-order valence-electron chi connectivity index (χ4n) is 6.51. The Bertz CT molecular complexity index is 314. The maximum absolute atomic E-state index is 2.62. The zero-order valence-electron chi connectivity index (χ0n) is 13.9. The van der Waals surface area contributed by atoms with Gasteiger partial charge in [0, 0.05) is 0 Å². The van der Waals surface area contributed by atoms with E-state index in [1.807, 2.05) is 0 Å². The summed E-state index contributed by atoms with van der Waals surface area (Å²) in [6, 6.07) is 0. The van der Waals surface area contributed by atoms with Crippen LogP contribution in [0.5, 0.6) is 0 Å². The van der Waals surface area contributed by atoms with Crippen LogP contribution in [0.2, 0.25) is 0 Å². The smallest absolute Gasteiger partial charge is 0.0230 e. The summed E-state index contributed by atoms with van der Waals surface area (Å²) in [5.74, 6) is 5.54. The van der Waals surface area contributed by atoms with Crippen molar-refractivity contribution >= 4 is 0 Å². The summed E-state index contributed by atoms with van der Waals surface area (Å²) < 4.78 is 0. The number of hydrogen-bond acceptors (Lipinski definition) is 0. The molecule has 3 rings (SSSR count). The Hall–Kier alpha value is 0. The molecule has 0 spiro atoms. The third-order valence-electron chi connectivity index (χ3n) is 7.67. The molecule has 0 N–H and O–H groups in total. The predicted molar refractivity (Wildman–Crippen MR) is 80.4 cm³/mol. The normalized spacial score (nSPS) is 52.5. The van der Waals surface area contributed by atoms with E-state index in [0.717, 1.165) is 35.5 Å². The molecule has 18 heavy (non-hydrogen) atoms. The Morgan fingerprint density at radius 3 is 2.00 bits per heavy atom. The third-order valence-corrected chi connectivity index (χ3v) is 7.67. The first-order valence-electron chi connectivity index (χ1n) is 8.26. The Labute approximate surface area is 115 Å². The van der Waals surface area contributed by atoms with Gasteiger partial charge in [0.1, 0.15) is 0 Å². The summed E-state index contributed by atoms with van der Waals surface area (Å²) in [5, 5.41) is 0.